The highest BCUT2D eigenvalue weighted by molar-refractivity contribution is 7.80. The topological polar surface area (TPSA) is 50.9 Å². The average molecular weight is 283 g/mol. The van der Waals surface area contributed by atoms with Crippen molar-refractivity contribution in [3.63, 3.8) is 0 Å². The van der Waals surface area contributed by atoms with Crippen LogP contribution in [0.3, 0.4) is 0 Å². The molecule has 0 saturated carbocycles. The van der Waals surface area contributed by atoms with Crippen molar-refractivity contribution in [1.29, 1.82) is 0 Å². The third-order valence-corrected chi connectivity index (χ3v) is 2.48. The number of benzene rings is 1. The molecule has 1 aromatic carbocycles. The second-order valence-electron chi connectivity index (χ2n) is 3.64. The van der Waals surface area contributed by atoms with E-state index >= 15 is 0 Å². The summed E-state index contributed by atoms with van der Waals surface area (Å²) in [6, 6.07) is 5.86. The summed E-state index contributed by atoms with van der Waals surface area (Å²) in [5.41, 5.74) is 5.51. The first-order valence-electron chi connectivity index (χ1n) is 5.16. The lowest BCUT2D eigenvalue weighted by Crippen LogP contribution is -2.12. The molecule has 0 aliphatic carbocycles. The quantitative estimate of drug-likeness (QED) is 0.672. The number of nitrogens with one attached hydrogen (secondary N) is 1. The molecule has 2 rings (SSSR count). The lowest BCUT2D eigenvalue weighted by molar-refractivity contribution is 0.496. The Morgan fingerprint density at radius 1 is 1.11 bits per heavy atom. The molecule has 98 valence electrons. The number of aromatic nitrogens is 1. The molecule has 0 saturated heterocycles. The van der Waals surface area contributed by atoms with Gasteiger partial charge in [0.1, 0.15) is 16.6 Å². The van der Waals surface area contributed by atoms with Gasteiger partial charge in [-0.05, 0) is 12.1 Å². The normalized spacial score (nSPS) is 10.3. The third kappa shape index (κ3) is 3.00. The summed E-state index contributed by atoms with van der Waals surface area (Å²) in [6.07, 6.45) is 0. The van der Waals surface area contributed by atoms with E-state index < -0.39 is 17.5 Å². The Morgan fingerprint density at radius 3 is 2.47 bits per heavy atom. The van der Waals surface area contributed by atoms with Crippen molar-refractivity contribution < 1.29 is 13.2 Å². The number of nitrogens with two attached hydrogens (primary N) is 1. The SMILES string of the molecule is NC(=S)c1cccc(Nc2cc(F)c(F)cc2F)n1. The van der Waals surface area contributed by atoms with E-state index in [-0.39, 0.29) is 16.5 Å². The minimum absolute atomic E-state index is 0.0782. The molecule has 0 amide bonds. The standard InChI is InChI=1S/C12H8F3N3S/c13-6-4-8(15)10(5-7(6)14)18-11-3-1-2-9(17-11)12(16)19/h1-5H,(H2,16,19)(H,17,18). The van der Waals surface area contributed by atoms with Gasteiger partial charge in [-0.2, -0.15) is 0 Å². The molecule has 0 atom stereocenters. The van der Waals surface area contributed by atoms with Gasteiger partial charge < -0.3 is 11.1 Å². The minimum atomic E-state index is -1.26. The van der Waals surface area contributed by atoms with Gasteiger partial charge in [0.05, 0.1) is 11.4 Å². The van der Waals surface area contributed by atoms with Crippen LogP contribution in [0.25, 0.3) is 0 Å². The fourth-order valence-electron chi connectivity index (χ4n) is 1.40. The van der Waals surface area contributed by atoms with Gasteiger partial charge >= 0.3 is 0 Å². The smallest absolute Gasteiger partial charge is 0.161 e. The molecule has 3 N–H and O–H groups in total. The fraction of sp³-hybridized carbons (Fsp3) is 0. The van der Waals surface area contributed by atoms with Gasteiger partial charge in [-0.25, -0.2) is 18.2 Å². The van der Waals surface area contributed by atoms with E-state index in [1.54, 1.807) is 12.1 Å². The number of nitrogens with zero attached hydrogens (tertiary/aromatic N) is 1. The Hall–Kier alpha value is -2.15. The van der Waals surface area contributed by atoms with Gasteiger partial charge in [0, 0.05) is 12.1 Å². The number of thiocarbonyl (C=S) groups is 1. The van der Waals surface area contributed by atoms with Crippen molar-refractivity contribution in [2.75, 3.05) is 5.32 Å². The molecule has 0 radical (unpaired) electrons. The Labute approximate surface area is 112 Å². The molecule has 0 aliphatic heterocycles. The first kappa shape index (κ1) is 13.3. The zero-order valence-corrected chi connectivity index (χ0v) is 10.3. The predicted molar refractivity (Wildman–Crippen MR) is 69.7 cm³/mol. The van der Waals surface area contributed by atoms with Crippen LogP contribution in [0.15, 0.2) is 30.3 Å². The average Bonchev–Trinajstić information content (AvgIpc) is 2.36. The van der Waals surface area contributed by atoms with Gasteiger partial charge in [-0.1, -0.05) is 18.3 Å². The Balaban J connectivity index is 2.33. The maximum Gasteiger partial charge on any atom is 0.161 e. The van der Waals surface area contributed by atoms with Crippen LogP contribution in [-0.4, -0.2) is 9.97 Å². The van der Waals surface area contributed by atoms with E-state index in [4.69, 9.17) is 18.0 Å². The van der Waals surface area contributed by atoms with Crippen LogP contribution in [0, 0.1) is 17.5 Å². The molecular formula is C12H8F3N3S. The lowest BCUT2D eigenvalue weighted by Gasteiger charge is -2.08. The van der Waals surface area contributed by atoms with Crippen molar-refractivity contribution in [3.8, 4) is 0 Å². The lowest BCUT2D eigenvalue weighted by atomic mass is 10.2. The van der Waals surface area contributed by atoms with E-state index in [1.165, 1.54) is 6.07 Å². The molecule has 1 aromatic heterocycles. The maximum atomic E-state index is 13.4. The molecule has 0 fully saturated rings. The van der Waals surface area contributed by atoms with Crippen molar-refractivity contribution in [1.82, 2.24) is 4.98 Å². The van der Waals surface area contributed by atoms with Gasteiger partial charge in [0.2, 0.25) is 0 Å². The minimum Gasteiger partial charge on any atom is -0.388 e. The molecule has 2 aromatic rings. The highest BCUT2D eigenvalue weighted by Crippen LogP contribution is 2.21. The van der Waals surface area contributed by atoms with E-state index in [2.05, 4.69) is 10.3 Å². The second kappa shape index (κ2) is 5.23. The molecule has 0 bridgehead atoms. The monoisotopic (exact) mass is 283 g/mol. The number of rotatable bonds is 3. The molecule has 0 unspecified atom stereocenters. The maximum absolute atomic E-state index is 13.4. The van der Waals surface area contributed by atoms with Gasteiger partial charge in [0.25, 0.3) is 0 Å². The Bertz CT molecular complexity index is 646. The van der Waals surface area contributed by atoms with E-state index in [9.17, 15) is 13.2 Å². The summed E-state index contributed by atoms with van der Waals surface area (Å²) < 4.78 is 39.2. The largest absolute Gasteiger partial charge is 0.388 e. The summed E-state index contributed by atoms with van der Waals surface area (Å²) in [7, 11) is 0. The molecule has 3 nitrogen and oxygen atoms in total. The van der Waals surface area contributed by atoms with Crippen LogP contribution in [-0.2, 0) is 0 Å². The Kier molecular flexibility index (Phi) is 3.66. The number of halogens is 3. The van der Waals surface area contributed by atoms with E-state index in [1.807, 2.05) is 0 Å². The second-order valence-corrected chi connectivity index (χ2v) is 4.08. The number of hydrogen-bond acceptors (Lipinski definition) is 3. The predicted octanol–water partition coefficient (Wildman–Crippen LogP) is 2.88. The Morgan fingerprint density at radius 2 is 1.79 bits per heavy atom. The zero-order chi connectivity index (χ0) is 14.0. The van der Waals surface area contributed by atoms with Crippen LogP contribution >= 0.6 is 12.2 Å². The number of hydrogen-bond donors (Lipinski definition) is 2. The molecular weight excluding hydrogens is 275 g/mol. The summed E-state index contributed by atoms with van der Waals surface area (Å²) in [5.74, 6) is -3.13. The molecule has 0 aliphatic rings. The summed E-state index contributed by atoms with van der Waals surface area (Å²) in [6.45, 7) is 0. The van der Waals surface area contributed by atoms with Crippen molar-refractivity contribution in [2.24, 2.45) is 5.73 Å². The highest BCUT2D eigenvalue weighted by atomic mass is 32.1. The van der Waals surface area contributed by atoms with Crippen LogP contribution in [0.2, 0.25) is 0 Å². The van der Waals surface area contributed by atoms with Crippen molar-refractivity contribution in [3.05, 3.63) is 53.5 Å². The van der Waals surface area contributed by atoms with E-state index in [0.717, 1.165) is 0 Å². The molecule has 1 heterocycles. The molecule has 7 heteroatoms. The molecule has 0 spiro atoms. The summed E-state index contributed by atoms with van der Waals surface area (Å²) in [4.78, 5) is 4.08. The number of pyridine rings is 1. The van der Waals surface area contributed by atoms with Gasteiger partial charge in [-0.15, -0.1) is 0 Å². The summed E-state index contributed by atoms with van der Waals surface area (Å²) in [5, 5.41) is 2.53. The third-order valence-electron chi connectivity index (χ3n) is 2.27. The van der Waals surface area contributed by atoms with Crippen LogP contribution < -0.4 is 11.1 Å². The van der Waals surface area contributed by atoms with Crippen LogP contribution in [0.5, 0.6) is 0 Å². The number of anilines is 2. The first-order chi connectivity index (χ1) is 8.97. The van der Waals surface area contributed by atoms with Gasteiger partial charge in [-0.3, -0.25) is 0 Å². The van der Waals surface area contributed by atoms with Gasteiger partial charge in [0.15, 0.2) is 11.6 Å². The van der Waals surface area contributed by atoms with Crippen LogP contribution in [0.4, 0.5) is 24.7 Å². The summed E-state index contributed by atoms with van der Waals surface area (Å²) >= 11 is 4.75. The van der Waals surface area contributed by atoms with Crippen molar-refractivity contribution >= 4 is 28.7 Å². The zero-order valence-electron chi connectivity index (χ0n) is 9.45. The van der Waals surface area contributed by atoms with E-state index in [0.29, 0.717) is 17.8 Å². The van der Waals surface area contributed by atoms with Crippen molar-refractivity contribution in [2.45, 2.75) is 0 Å². The highest BCUT2D eigenvalue weighted by Gasteiger charge is 2.10. The van der Waals surface area contributed by atoms with Crippen LogP contribution in [0.1, 0.15) is 5.69 Å². The molecule has 19 heavy (non-hydrogen) atoms. The first-order valence-corrected chi connectivity index (χ1v) is 5.56. The fourth-order valence-corrected chi connectivity index (χ4v) is 1.51.